The summed E-state index contributed by atoms with van der Waals surface area (Å²) < 4.78 is 1.49. The molecule has 1 aromatic carbocycles. The Labute approximate surface area is 96.4 Å². The van der Waals surface area contributed by atoms with Crippen LogP contribution in [0.25, 0.3) is 10.9 Å². The first-order valence-corrected chi connectivity index (χ1v) is 5.15. The molecule has 90 valence electrons. The number of aromatic nitrogens is 2. The average molecular weight is 236 g/mol. The smallest absolute Gasteiger partial charge is 0.213 e. The van der Waals surface area contributed by atoms with Gasteiger partial charge in [0.1, 0.15) is 5.69 Å². The van der Waals surface area contributed by atoms with Crippen molar-refractivity contribution < 1.29 is 15.3 Å². The highest BCUT2D eigenvalue weighted by atomic mass is 16.3. The number of phenolic OH excluding ortho intramolecular Hbond substituents is 2. The molecule has 6 nitrogen and oxygen atoms in total. The van der Waals surface area contributed by atoms with Crippen molar-refractivity contribution >= 4 is 10.9 Å². The Hall–Kier alpha value is -2.08. The first-order chi connectivity index (χ1) is 8.08. The molecule has 0 saturated carbocycles. The maximum Gasteiger partial charge on any atom is 0.213 e. The minimum absolute atomic E-state index is 0.0180. The van der Waals surface area contributed by atoms with Crippen molar-refractivity contribution in [3.8, 4) is 11.5 Å². The maximum absolute atomic E-state index is 11.9. The van der Waals surface area contributed by atoms with Gasteiger partial charge in [0.25, 0.3) is 0 Å². The second-order valence-electron chi connectivity index (χ2n) is 3.61. The lowest BCUT2D eigenvalue weighted by atomic mass is 10.1. The van der Waals surface area contributed by atoms with Crippen LogP contribution in [0.15, 0.2) is 16.9 Å². The lowest BCUT2D eigenvalue weighted by Gasteiger charge is -2.10. The highest BCUT2D eigenvalue weighted by molar-refractivity contribution is 5.82. The molecule has 1 aromatic heterocycles. The van der Waals surface area contributed by atoms with Gasteiger partial charge in [0.05, 0.1) is 17.5 Å². The fraction of sp³-hybridized carbons (Fsp3) is 0.273. The molecular formula is C11H12N2O4. The Morgan fingerprint density at radius 3 is 2.53 bits per heavy atom. The van der Waals surface area contributed by atoms with Gasteiger partial charge in [-0.15, -0.1) is 0 Å². The van der Waals surface area contributed by atoms with Crippen LogP contribution in [-0.4, -0.2) is 25.1 Å². The highest BCUT2D eigenvalue weighted by Gasteiger charge is 2.12. The van der Waals surface area contributed by atoms with Crippen LogP contribution in [0.5, 0.6) is 11.5 Å². The minimum Gasteiger partial charge on any atom is -0.504 e. The van der Waals surface area contributed by atoms with Crippen molar-refractivity contribution in [2.75, 3.05) is 0 Å². The van der Waals surface area contributed by atoms with Gasteiger partial charge in [-0.05, 0) is 13.0 Å². The summed E-state index contributed by atoms with van der Waals surface area (Å²) in [7, 11) is 0. The van der Waals surface area contributed by atoms with Gasteiger partial charge >= 0.3 is 0 Å². The zero-order valence-electron chi connectivity index (χ0n) is 9.21. The van der Waals surface area contributed by atoms with E-state index >= 15 is 0 Å². The van der Waals surface area contributed by atoms with Crippen molar-refractivity contribution in [3.63, 3.8) is 0 Å². The Morgan fingerprint density at radius 2 is 1.94 bits per heavy atom. The fourth-order valence-corrected chi connectivity index (χ4v) is 1.71. The lowest BCUT2D eigenvalue weighted by molar-refractivity contribution is 0.272. The molecule has 0 atom stereocenters. The molecular weight excluding hydrogens is 224 g/mol. The molecule has 0 fully saturated rings. The summed E-state index contributed by atoms with van der Waals surface area (Å²) in [6, 6.07) is 2.46. The van der Waals surface area contributed by atoms with Crippen LogP contribution in [0, 0.1) is 0 Å². The molecule has 0 saturated heterocycles. The number of aryl methyl sites for hydroxylation is 1. The van der Waals surface area contributed by atoms with Crippen LogP contribution in [0.3, 0.4) is 0 Å². The number of aliphatic hydroxyl groups is 1. The van der Waals surface area contributed by atoms with Gasteiger partial charge in [-0.3, -0.25) is 9.48 Å². The summed E-state index contributed by atoms with van der Waals surface area (Å²) in [5.74, 6) is -0.676. The summed E-state index contributed by atoms with van der Waals surface area (Å²) in [5.41, 5.74) is -0.00283. The fourth-order valence-electron chi connectivity index (χ4n) is 1.71. The van der Waals surface area contributed by atoms with Crippen LogP contribution in [-0.2, 0) is 13.2 Å². The molecule has 0 bridgehead atoms. The Bertz CT molecular complexity index is 633. The van der Waals surface area contributed by atoms with E-state index in [-0.39, 0.29) is 22.6 Å². The quantitative estimate of drug-likeness (QED) is 0.652. The van der Waals surface area contributed by atoms with Crippen LogP contribution in [0.1, 0.15) is 12.6 Å². The normalized spacial score (nSPS) is 10.9. The third-order valence-corrected chi connectivity index (χ3v) is 2.57. The molecule has 0 radical (unpaired) electrons. The summed E-state index contributed by atoms with van der Waals surface area (Å²) >= 11 is 0. The molecule has 0 unspecified atom stereocenters. The molecule has 2 aromatic rings. The van der Waals surface area contributed by atoms with Gasteiger partial charge in [-0.2, -0.15) is 5.10 Å². The van der Waals surface area contributed by atoms with E-state index in [1.807, 2.05) is 6.92 Å². The predicted octanol–water partition coefficient (Wildman–Crippen LogP) is 0.320. The Balaban J connectivity index is 2.95. The molecule has 0 spiro atoms. The first-order valence-electron chi connectivity index (χ1n) is 5.15. The molecule has 0 amide bonds. The summed E-state index contributed by atoms with van der Waals surface area (Å²) in [6.45, 7) is 1.84. The second-order valence-corrected chi connectivity index (χ2v) is 3.61. The summed E-state index contributed by atoms with van der Waals surface area (Å²) in [5, 5.41) is 32.0. The molecule has 3 N–H and O–H groups in total. The summed E-state index contributed by atoms with van der Waals surface area (Å²) in [6.07, 6.45) is 0. The second kappa shape index (κ2) is 4.06. The van der Waals surface area contributed by atoms with Crippen molar-refractivity contribution in [1.82, 2.24) is 9.78 Å². The number of hydrogen-bond donors (Lipinski definition) is 3. The van der Waals surface area contributed by atoms with Gasteiger partial charge in [0, 0.05) is 12.6 Å². The number of benzene rings is 1. The van der Waals surface area contributed by atoms with Crippen molar-refractivity contribution in [2.24, 2.45) is 0 Å². The average Bonchev–Trinajstić information content (AvgIpc) is 2.32. The number of fused-ring (bicyclic) bond motifs is 1. The third-order valence-electron chi connectivity index (χ3n) is 2.57. The lowest BCUT2D eigenvalue weighted by Crippen LogP contribution is -2.18. The van der Waals surface area contributed by atoms with Crippen LogP contribution in [0.4, 0.5) is 0 Å². The SMILES string of the molecule is CCn1nc(CO)c(=O)c2cc(O)c(O)cc21. The number of rotatable bonds is 2. The molecule has 17 heavy (non-hydrogen) atoms. The molecule has 6 heteroatoms. The number of aliphatic hydroxyl groups excluding tert-OH is 1. The van der Waals surface area contributed by atoms with Crippen molar-refractivity contribution in [3.05, 3.63) is 28.0 Å². The molecule has 1 heterocycles. The van der Waals surface area contributed by atoms with E-state index in [2.05, 4.69) is 5.10 Å². The zero-order valence-corrected chi connectivity index (χ0v) is 9.21. The van der Waals surface area contributed by atoms with E-state index in [0.29, 0.717) is 12.1 Å². The minimum atomic E-state index is -0.462. The maximum atomic E-state index is 11.9. The number of aromatic hydroxyl groups is 2. The summed E-state index contributed by atoms with van der Waals surface area (Å²) in [4.78, 5) is 11.9. The van der Waals surface area contributed by atoms with E-state index in [0.717, 1.165) is 0 Å². The van der Waals surface area contributed by atoms with E-state index in [9.17, 15) is 15.0 Å². The Morgan fingerprint density at radius 1 is 1.29 bits per heavy atom. The van der Waals surface area contributed by atoms with Crippen LogP contribution in [0.2, 0.25) is 0 Å². The van der Waals surface area contributed by atoms with Gasteiger partial charge in [0.15, 0.2) is 11.5 Å². The monoisotopic (exact) mass is 236 g/mol. The van der Waals surface area contributed by atoms with E-state index < -0.39 is 12.0 Å². The zero-order chi connectivity index (χ0) is 12.6. The van der Waals surface area contributed by atoms with E-state index in [4.69, 9.17) is 5.11 Å². The third kappa shape index (κ3) is 1.72. The number of nitrogens with zero attached hydrogens (tertiary/aromatic N) is 2. The van der Waals surface area contributed by atoms with Gasteiger partial charge in [-0.1, -0.05) is 0 Å². The van der Waals surface area contributed by atoms with Crippen molar-refractivity contribution in [2.45, 2.75) is 20.1 Å². The van der Waals surface area contributed by atoms with Crippen molar-refractivity contribution in [1.29, 1.82) is 0 Å². The van der Waals surface area contributed by atoms with Crippen LogP contribution < -0.4 is 5.43 Å². The van der Waals surface area contributed by atoms with E-state index in [1.165, 1.54) is 16.8 Å². The number of phenols is 2. The van der Waals surface area contributed by atoms with Crippen LogP contribution >= 0.6 is 0 Å². The van der Waals surface area contributed by atoms with Gasteiger partial charge < -0.3 is 15.3 Å². The topological polar surface area (TPSA) is 95.6 Å². The first kappa shape index (κ1) is 11.4. The molecule has 0 aliphatic heterocycles. The van der Waals surface area contributed by atoms with E-state index in [1.54, 1.807) is 0 Å². The largest absolute Gasteiger partial charge is 0.504 e. The molecule has 0 aliphatic rings. The number of hydrogen-bond acceptors (Lipinski definition) is 5. The van der Waals surface area contributed by atoms with Gasteiger partial charge in [0.2, 0.25) is 5.43 Å². The molecule has 0 aliphatic carbocycles. The molecule has 2 rings (SSSR count). The predicted molar refractivity (Wildman–Crippen MR) is 60.9 cm³/mol. The van der Waals surface area contributed by atoms with Gasteiger partial charge in [-0.25, -0.2) is 0 Å². The Kier molecular flexibility index (Phi) is 2.72. The highest BCUT2D eigenvalue weighted by Crippen LogP contribution is 2.28. The standard InChI is InChI=1S/C11H12N2O4/c1-2-13-8-4-10(16)9(15)3-6(8)11(17)7(5-14)12-13/h3-4,14-16H,2,5H2,1H3.